The highest BCUT2D eigenvalue weighted by Gasteiger charge is 2.27. The molecule has 6 nitrogen and oxygen atoms in total. The van der Waals surface area contributed by atoms with Crippen LogP contribution in [0.4, 0.5) is 4.79 Å². The summed E-state index contributed by atoms with van der Waals surface area (Å²) in [5.74, 6) is 0.108. The number of fused-ring (bicyclic) bond motifs is 1. The molecule has 2 amide bonds. The average Bonchev–Trinajstić information content (AvgIpc) is 2.89. The third-order valence-electron chi connectivity index (χ3n) is 3.70. The largest absolute Gasteiger partial charge is 0.451 e. The molecule has 3 rings (SSSR count). The van der Waals surface area contributed by atoms with Crippen molar-refractivity contribution in [1.82, 2.24) is 4.90 Å². The molecule has 2 aromatic rings. The SMILES string of the molecule is NC(=O)OC1CCN(C(=O)c2cc3cc(Cl)ccc3o2)CC1. The van der Waals surface area contributed by atoms with Crippen LogP contribution in [0.3, 0.4) is 0 Å². The first-order chi connectivity index (χ1) is 10.5. The van der Waals surface area contributed by atoms with Crippen LogP contribution in [0.25, 0.3) is 11.0 Å². The standard InChI is InChI=1S/C15H15ClN2O4/c16-10-1-2-12-9(7-10)8-13(22-12)14(19)18-5-3-11(4-6-18)21-15(17)20/h1-2,7-8,11H,3-6H2,(H2,17,20). The molecule has 0 radical (unpaired) electrons. The Morgan fingerprint density at radius 2 is 2.00 bits per heavy atom. The van der Waals surface area contributed by atoms with Crippen molar-refractivity contribution in [3.8, 4) is 0 Å². The summed E-state index contributed by atoms with van der Waals surface area (Å²) in [5, 5.41) is 1.39. The van der Waals surface area contributed by atoms with Crippen LogP contribution in [0.15, 0.2) is 28.7 Å². The zero-order chi connectivity index (χ0) is 15.7. The molecule has 0 aliphatic carbocycles. The predicted molar refractivity (Wildman–Crippen MR) is 80.8 cm³/mol. The first-order valence-corrected chi connectivity index (χ1v) is 7.35. The van der Waals surface area contributed by atoms with E-state index in [2.05, 4.69) is 0 Å². The minimum atomic E-state index is -0.779. The second kappa shape index (κ2) is 5.88. The van der Waals surface area contributed by atoms with E-state index in [0.29, 0.717) is 36.5 Å². The number of carbonyl (C=O) groups is 2. The molecule has 0 atom stereocenters. The molecule has 1 aromatic heterocycles. The lowest BCUT2D eigenvalue weighted by atomic mass is 10.1. The number of amides is 2. The molecule has 0 unspecified atom stereocenters. The van der Waals surface area contributed by atoms with Crippen molar-refractivity contribution in [3.05, 3.63) is 35.0 Å². The van der Waals surface area contributed by atoms with Gasteiger partial charge in [-0.15, -0.1) is 0 Å². The van der Waals surface area contributed by atoms with Crippen molar-refractivity contribution in [3.63, 3.8) is 0 Å². The number of nitrogens with zero attached hydrogens (tertiary/aromatic N) is 1. The Balaban J connectivity index is 1.69. The fourth-order valence-electron chi connectivity index (χ4n) is 2.62. The number of likely N-dealkylation sites (tertiary alicyclic amines) is 1. The first-order valence-electron chi connectivity index (χ1n) is 6.97. The number of hydrogen-bond acceptors (Lipinski definition) is 4. The van der Waals surface area contributed by atoms with Crippen molar-refractivity contribution in [2.75, 3.05) is 13.1 Å². The van der Waals surface area contributed by atoms with E-state index in [4.69, 9.17) is 26.5 Å². The Bertz CT molecular complexity index is 719. The molecule has 1 aliphatic heterocycles. The number of ether oxygens (including phenoxy) is 1. The Morgan fingerprint density at radius 3 is 2.68 bits per heavy atom. The van der Waals surface area contributed by atoms with Crippen LogP contribution in [-0.4, -0.2) is 36.1 Å². The van der Waals surface area contributed by atoms with Crippen LogP contribution in [0.5, 0.6) is 0 Å². The fourth-order valence-corrected chi connectivity index (χ4v) is 2.80. The normalized spacial score (nSPS) is 16.0. The van der Waals surface area contributed by atoms with E-state index in [1.807, 2.05) is 0 Å². The molecular weight excluding hydrogens is 308 g/mol. The molecule has 7 heteroatoms. The van der Waals surface area contributed by atoms with Gasteiger partial charge in [-0.3, -0.25) is 4.79 Å². The van der Waals surface area contributed by atoms with E-state index in [1.54, 1.807) is 29.2 Å². The van der Waals surface area contributed by atoms with Gasteiger partial charge in [0.1, 0.15) is 11.7 Å². The number of piperidine rings is 1. The van der Waals surface area contributed by atoms with Gasteiger partial charge in [0.15, 0.2) is 5.76 Å². The molecule has 1 aliphatic rings. The number of carbonyl (C=O) groups excluding carboxylic acids is 2. The number of furan rings is 1. The van der Waals surface area contributed by atoms with Gasteiger partial charge < -0.3 is 19.8 Å². The minimum absolute atomic E-state index is 0.176. The lowest BCUT2D eigenvalue weighted by Crippen LogP contribution is -2.41. The van der Waals surface area contributed by atoms with Crippen LogP contribution in [0.1, 0.15) is 23.4 Å². The number of halogens is 1. The van der Waals surface area contributed by atoms with E-state index in [1.165, 1.54) is 0 Å². The smallest absolute Gasteiger partial charge is 0.404 e. The summed E-state index contributed by atoms with van der Waals surface area (Å²) in [7, 11) is 0. The summed E-state index contributed by atoms with van der Waals surface area (Å²) in [4.78, 5) is 24.9. The maximum atomic E-state index is 12.4. The highest BCUT2D eigenvalue weighted by atomic mass is 35.5. The number of rotatable bonds is 2. The topological polar surface area (TPSA) is 85.8 Å². The summed E-state index contributed by atoms with van der Waals surface area (Å²) in [5.41, 5.74) is 5.62. The maximum Gasteiger partial charge on any atom is 0.404 e. The van der Waals surface area contributed by atoms with Crippen molar-refractivity contribution in [1.29, 1.82) is 0 Å². The van der Waals surface area contributed by atoms with E-state index in [-0.39, 0.29) is 17.8 Å². The van der Waals surface area contributed by atoms with Crippen molar-refractivity contribution < 1.29 is 18.7 Å². The van der Waals surface area contributed by atoms with Crippen LogP contribution < -0.4 is 5.73 Å². The molecule has 1 fully saturated rings. The van der Waals surface area contributed by atoms with E-state index < -0.39 is 6.09 Å². The van der Waals surface area contributed by atoms with Gasteiger partial charge in [-0.2, -0.15) is 0 Å². The van der Waals surface area contributed by atoms with Crippen molar-refractivity contribution in [2.45, 2.75) is 18.9 Å². The van der Waals surface area contributed by atoms with E-state index in [0.717, 1.165) is 5.39 Å². The fraction of sp³-hybridized carbons (Fsp3) is 0.333. The van der Waals surface area contributed by atoms with Gasteiger partial charge in [0, 0.05) is 36.3 Å². The number of hydrogen-bond donors (Lipinski definition) is 1. The lowest BCUT2D eigenvalue weighted by molar-refractivity contribution is 0.0436. The minimum Gasteiger partial charge on any atom is -0.451 e. The summed E-state index contributed by atoms with van der Waals surface area (Å²) < 4.78 is 10.5. The number of primary amides is 1. The molecule has 2 N–H and O–H groups in total. The van der Waals surface area contributed by atoms with Crippen LogP contribution in [-0.2, 0) is 4.74 Å². The summed E-state index contributed by atoms with van der Waals surface area (Å²) in [6.45, 7) is 0.989. The lowest BCUT2D eigenvalue weighted by Gasteiger charge is -2.30. The highest BCUT2D eigenvalue weighted by molar-refractivity contribution is 6.31. The molecule has 0 spiro atoms. The molecule has 1 saturated heterocycles. The first kappa shape index (κ1) is 14.7. The van der Waals surface area contributed by atoms with Gasteiger partial charge in [0.25, 0.3) is 5.91 Å². The van der Waals surface area contributed by atoms with Gasteiger partial charge in [0.05, 0.1) is 0 Å². The number of nitrogens with two attached hydrogens (primary N) is 1. The molecular formula is C15H15ClN2O4. The second-order valence-electron chi connectivity index (χ2n) is 5.22. The van der Waals surface area contributed by atoms with Gasteiger partial charge in [-0.1, -0.05) is 11.6 Å². The molecule has 2 heterocycles. The zero-order valence-electron chi connectivity index (χ0n) is 11.8. The predicted octanol–water partition coefficient (Wildman–Crippen LogP) is 2.79. The zero-order valence-corrected chi connectivity index (χ0v) is 12.5. The van der Waals surface area contributed by atoms with Crippen LogP contribution in [0.2, 0.25) is 5.02 Å². The highest BCUT2D eigenvalue weighted by Crippen LogP contribution is 2.25. The maximum absolute atomic E-state index is 12.4. The third kappa shape index (κ3) is 3.01. The summed E-state index contributed by atoms with van der Waals surface area (Å²) in [6, 6.07) is 6.90. The van der Waals surface area contributed by atoms with Crippen molar-refractivity contribution in [2.24, 2.45) is 5.73 Å². The molecule has 1 aromatic carbocycles. The van der Waals surface area contributed by atoms with Crippen LogP contribution in [0, 0.1) is 0 Å². The summed E-state index contributed by atoms with van der Waals surface area (Å²) >= 11 is 5.93. The van der Waals surface area contributed by atoms with Crippen molar-refractivity contribution >= 4 is 34.6 Å². The Morgan fingerprint density at radius 1 is 1.27 bits per heavy atom. The van der Waals surface area contributed by atoms with Gasteiger partial charge in [0.2, 0.25) is 0 Å². The van der Waals surface area contributed by atoms with E-state index >= 15 is 0 Å². The second-order valence-corrected chi connectivity index (χ2v) is 5.66. The average molecular weight is 323 g/mol. The Labute approximate surface area is 131 Å². The van der Waals surface area contributed by atoms with Gasteiger partial charge in [-0.05, 0) is 24.3 Å². The Kier molecular flexibility index (Phi) is 3.94. The van der Waals surface area contributed by atoms with Gasteiger partial charge >= 0.3 is 6.09 Å². The van der Waals surface area contributed by atoms with Gasteiger partial charge in [-0.25, -0.2) is 4.79 Å². The number of benzene rings is 1. The third-order valence-corrected chi connectivity index (χ3v) is 3.94. The molecule has 116 valence electrons. The molecule has 0 saturated carbocycles. The Hall–Kier alpha value is -2.21. The van der Waals surface area contributed by atoms with Crippen LogP contribution >= 0.6 is 11.6 Å². The summed E-state index contributed by atoms with van der Waals surface area (Å²) in [6.07, 6.45) is 0.136. The van der Waals surface area contributed by atoms with E-state index in [9.17, 15) is 9.59 Å². The monoisotopic (exact) mass is 322 g/mol. The quantitative estimate of drug-likeness (QED) is 0.921. The molecule has 0 bridgehead atoms. The molecule has 22 heavy (non-hydrogen) atoms.